The van der Waals surface area contributed by atoms with Crippen molar-refractivity contribution in [2.24, 2.45) is 0 Å². The number of fused-ring (bicyclic) bond motifs is 1. The molecule has 3 rings (SSSR count). The van der Waals surface area contributed by atoms with E-state index in [0.29, 0.717) is 11.2 Å². The van der Waals surface area contributed by atoms with Crippen LogP contribution in [-0.2, 0) is 6.54 Å². The van der Waals surface area contributed by atoms with E-state index in [1.54, 1.807) is 18.0 Å². The molecule has 4 nitrogen and oxygen atoms in total. The maximum absolute atomic E-state index is 12.5. The van der Waals surface area contributed by atoms with Crippen LogP contribution < -0.4 is 10.3 Å². The number of nitrogens with zero attached hydrogens (tertiary/aromatic N) is 2. The minimum Gasteiger partial charge on any atom is -0.496 e. The Balaban J connectivity index is 2.08. The summed E-state index contributed by atoms with van der Waals surface area (Å²) in [5.41, 5.74) is 2.75. The molecule has 0 saturated carbocycles. The van der Waals surface area contributed by atoms with E-state index in [1.165, 1.54) is 11.3 Å². The molecule has 0 unspecified atom stereocenters. The Morgan fingerprint density at radius 1 is 1.43 bits per heavy atom. The monoisotopic (exact) mass is 364 g/mol. The summed E-state index contributed by atoms with van der Waals surface area (Å²) < 4.78 is 8.61. The number of rotatable bonds is 3. The Labute approximate surface area is 134 Å². The van der Waals surface area contributed by atoms with E-state index < -0.39 is 0 Å². The first kappa shape index (κ1) is 14.3. The summed E-state index contributed by atoms with van der Waals surface area (Å²) in [6.07, 6.45) is 1.60. The van der Waals surface area contributed by atoms with Crippen molar-refractivity contribution in [3.8, 4) is 5.75 Å². The number of hydrogen-bond donors (Lipinski definition) is 0. The highest BCUT2D eigenvalue weighted by Crippen LogP contribution is 2.24. The fraction of sp³-hybridized carbons (Fsp3) is 0.200. The molecule has 1 aromatic carbocycles. The van der Waals surface area contributed by atoms with E-state index in [4.69, 9.17) is 4.74 Å². The minimum absolute atomic E-state index is 0.0138. The summed E-state index contributed by atoms with van der Waals surface area (Å²) in [6.45, 7) is 2.40. The van der Waals surface area contributed by atoms with Gasteiger partial charge in [0.05, 0.1) is 25.5 Å². The topological polar surface area (TPSA) is 44.1 Å². The lowest BCUT2D eigenvalue weighted by Gasteiger charge is -2.10. The lowest BCUT2D eigenvalue weighted by molar-refractivity contribution is 0.408. The number of methoxy groups -OCH3 is 1. The Morgan fingerprint density at radius 3 is 3.00 bits per heavy atom. The molecule has 0 N–H and O–H groups in total. The van der Waals surface area contributed by atoms with Crippen molar-refractivity contribution >= 4 is 37.5 Å². The van der Waals surface area contributed by atoms with Gasteiger partial charge in [0, 0.05) is 10.0 Å². The number of hydrogen-bond acceptors (Lipinski definition) is 4. The van der Waals surface area contributed by atoms with Crippen LogP contribution in [0.5, 0.6) is 5.75 Å². The van der Waals surface area contributed by atoms with Gasteiger partial charge < -0.3 is 4.74 Å². The Morgan fingerprint density at radius 2 is 2.24 bits per heavy atom. The van der Waals surface area contributed by atoms with Gasteiger partial charge in [0.25, 0.3) is 5.56 Å². The van der Waals surface area contributed by atoms with Gasteiger partial charge in [-0.05, 0) is 36.1 Å². The summed E-state index contributed by atoms with van der Waals surface area (Å²) in [7, 11) is 1.62. The number of halogens is 1. The van der Waals surface area contributed by atoms with Gasteiger partial charge in [0.2, 0.25) is 0 Å². The zero-order valence-electron chi connectivity index (χ0n) is 11.6. The minimum atomic E-state index is -0.0138. The zero-order valence-corrected chi connectivity index (χ0v) is 14.0. The summed E-state index contributed by atoms with van der Waals surface area (Å²) >= 11 is 4.89. The largest absolute Gasteiger partial charge is 0.496 e. The summed E-state index contributed by atoms with van der Waals surface area (Å²) in [6, 6.07) is 5.75. The molecule has 0 radical (unpaired) electrons. The molecule has 0 saturated heterocycles. The molecule has 0 fully saturated rings. The van der Waals surface area contributed by atoms with Gasteiger partial charge in [-0.15, -0.1) is 11.3 Å². The maximum Gasteiger partial charge on any atom is 0.271 e. The number of ether oxygens (including phenoxy) is 1. The van der Waals surface area contributed by atoms with Crippen LogP contribution >= 0.6 is 27.3 Å². The smallest absolute Gasteiger partial charge is 0.271 e. The molecule has 3 aromatic rings. The third kappa shape index (κ3) is 2.61. The maximum atomic E-state index is 12.5. The average molecular weight is 365 g/mol. The van der Waals surface area contributed by atoms with E-state index in [-0.39, 0.29) is 5.56 Å². The van der Waals surface area contributed by atoms with Crippen LogP contribution in [0.15, 0.2) is 39.2 Å². The van der Waals surface area contributed by atoms with Crippen molar-refractivity contribution in [3.05, 3.63) is 55.9 Å². The standard InChI is InChI=1S/C15H13BrN2O2S/c1-9-7-21-14-13(9)17-8-18(15(14)19)6-10-5-11(16)3-4-12(10)20-2/h3-5,7-8H,6H2,1-2H3. The lowest BCUT2D eigenvalue weighted by atomic mass is 10.2. The Bertz CT molecular complexity index is 870. The molecule has 108 valence electrons. The van der Waals surface area contributed by atoms with Crippen LogP contribution in [0.3, 0.4) is 0 Å². The number of aryl methyl sites for hydroxylation is 1. The molecule has 0 atom stereocenters. The Kier molecular flexibility index (Phi) is 3.82. The molecule has 2 aromatic heterocycles. The first-order valence-electron chi connectivity index (χ1n) is 6.36. The van der Waals surface area contributed by atoms with Crippen molar-refractivity contribution in [2.45, 2.75) is 13.5 Å². The lowest BCUT2D eigenvalue weighted by Crippen LogP contribution is -2.20. The third-order valence-electron chi connectivity index (χ3n) is 3.31. The Hall–Kier alpha value is -1.66. The molecular weight excluding hydrogens is 352 g/mol. The first-order valence-corrected chi connectivity index (χ1v) is 8.03. The van der Waals surface area contributed by atoms with Gasteiger partial charge in [0.15, 0.2) is 0 Å². The summed E-state index contributed by atoms with van der Waals surface area (Å²) in [5.74, 6) is 0.757. The quantitative estimate of drug-likeness (QED) is 0.713. The second-order valence-corrected chi connectivity index (χ2v) is 6.53. The van der Waals surface area contributed by atoms with Gasteiger partial charge in [-0.1, -0.05) is 15.9 Å². The number of aromatic nitrogens is 2. The van der Waals surface area contributed by atoms with E-state index in [1.807, 2.05) is 30.5 Å². The first-order chi connectivity index (χ1) is 10.1. The fourth-order valence-electron chi connectivity index (χ4n) is 2.23. The molecular formula is C15H13BrN2O2S. The number of benzene rings is 1. The fourth-order valence-corrected chi connectivity index (χ4v) is 3.59. The van der Waals surface area contributed by atoms with E-state index in [2.05, 4.69) is 20.9 Å². The van der Waals surface area contributed by atoms with E-state index >= 15 is 0 Å². The second kappa shape index (κ2) is 5.61. The van der Waals surface area contributed by atoms with Gasteiger partial charge in [-0.25, -0.2) is 4.98 Å². The highest BCUT2D eigenvalue weighted by Gasteiger charge is 2.11. The van der Waals surface area contributed by atoms with Crippen LogP contribution in [0.4, 0.5) is 0 Å². The summed E-state index contributed by atoms with van der Waals surface area (Å²) in [5, 5.41) is 1.96. The highest BCUT2D eigenvalue weighted by atomic mass is 79.9. The molecule has 21 heavy (non-hydrogen) atoms. The van der Waals surface area contributed by atoms with Crippen LogP contribution in [0.2, 0.25) is 0 Å². The molecule has 2 heterocycles. The normalized spacial score (nSPS) is 11.0. The van der Waals surface area contributed by atoms with Gasteiger partial charge in [-0.3, -0.25) is 9.36 Å². The van der Waals surface area contributed by atoms with Crippen molar-refractivity contribution in [1.82, 2.24) is 9.55 Å². The van der Waals surface area contributed by atoms with Crippen LogP contribution in [-0.4, -0.2) is 16.7 Å². The summed E-state index contributed by atoms with van der Waals surface area (Å²) in [4.78, 5) is 16.9. The highest BCUT2D eigenvalue weighted by molar-refractivity contribution is 9.10. The van der Waals surface area contributed by atoms with Crippen LogP contribution in [0, 0.1) is 6.92 Å². The van der Waals surface area contributed by atoms with E-state index in [0.717, 1.165) is 26.9 Å². The van der Waals surface area contributed by atoms with E-state index in [9.17, 15) is 4.79 Å². The van der Waals surface area contributed by atoms with Gasteiger partial charge >= 0.3 is 0 Å². The molecule has 0 aliphatic heterocycles. The van der Waals surface area contributed by atoms with Crippen molar-refractivity contribution < 1.29 is 4.74 Å². The number of thiophene rings is 1. The second-order valence-electron chi connectivity index (χ2n) is 4.73. The molecule has 6 heteroatoms. The predicted octanol–water partition coefficient (Wildman–Crippen LogP) is 3.59. The molecule has 0 bridgehead atoms. The molecule has 0 aliphatic carbocycles. The predicted molar refractivity (Wildman–Crippen MR) is 88.4 cm³/mol. The SMILES string of the molecule is COc1ccc(Br)cc1Cn1cnc2c(C)csc2c1=O. The van der Waals surface area contributed by atoms with Crippen LogP contribution in [0.25, 0.3) is 10.2 Å². The molecule has 0 aliphatic rings. The van der Waals surface area contributed by atoms with Crippen molar-refractivity contribution in [3.63, 3.8) is 0 Å². The molecule has 0 amide bonds. The van der Waals surface area contributed by atoms with Crippen LogP contribution in [0.1, 0.15) is 11.1 Å². The average Bonchev–Trinajstić information content (AvgIpc) is 2.84. The van der Waals surface area contributed by atoms with Crippen molar-refractivity contribution in [2.75, 3.05) is 7.11 Å². The zero-order chi connectivity index (χ0) is 15.0. The third-order valence-corrected chi connectivity index (χ3v) is 4.87. The van der Waals surface area contributed by atoms with Crippen molar-refractivity contribution in [1.29, 1.82) is 0 Å². The molecule has 0 spiro atoms. The van der Waals surface area contributed by atoms with Gasteiger partial charge in [0.1, 0.15) is 10.4 Å². The van der Waals surface area contributed by atoms with Gasteiger partial charge in [-0.2, -0.15) is 0 Å².